The van der Waals surface area contributed by atoms with E-state index in [1.807, 2.05) is 7.05 Å². The van der Waals surface area contributed by atoms with Gasteiger partial charge in [0.25, 0.3) is 0 Å². The SMILES string of the molecule is COC(=O)CC(C)(C)CCC(C)CC(=O)c1nccn1C. The van der Waals surface area contributed by atoms with Gasteiger partial charge in [0.2, 0.25) is 0 Å². The molecule has 21 heavy (non-hydrogen) atoms. The molecule has 1 aromatic heterocycles. The molecular formula is C16H26N2O3. The van der Waals surface area contributed by atoms with Gasteiger partial charge in [-0.1, -0.05) is 20.8 Å². The Kier molecular flexibility index (Phi) is 6.12. The number of ether oxygens (including phenoxy) is 1. The minimum absolute atomic E-state index is 0.0702. The van der Waals surface area contributed by atoms with Crippen molar-refractivity contribution in [1.82, 2.24) is 9.55 Å². The Morgan fingerprint density at radius 1 is 1.43 bits per heavy atom. The molecule has 0 fully saturated rings. The van der Waals surface area contributed by atoms with Crippen molar-refractivity contribution < 1.29 is 14.3 Å². The summed E-state index contributed by atoms with van der Waals surface area (Å²) in [5.41, 5.74) is -0.104. The predicted molar refractivity (Wildman–Crippen MR) is 81.0 cm³/mol. The highest BCUT2D eigenvalue weighted by Gasteiger charge is 2.24. The fraction of sp³-hybridized carbons (Fsp3) is 0.688. The molecule has 1 heterocycles. The summed E-state index contributed by atoms with van der Waals surface area (Å²) in [6.07, 6.45) is 6.09. The summed E-state index contributed by atoms with van der Waals surface area (Å²) in [6.45, 7) is 6.17. The summed E-state index contributed by atoms with van der Waals surface area (Å²) in [4.78, 5) is 27.6. The van der Waals surface area contributed by atoms with E-state index >= 15 is 0 Å². The van der Waals surface area contributed by atoms with Crippen LogP contribution in [0.15, 0.2) is 12.4 Å². The van der Waals surface area contributed by atoms with Gasteiger partial charge in [-0.15, -0.1) is 0 Å². The normalized spacial score (nSPS) is 13.0. The quantitative estimate of drug-likeness (QED) is 0.546. The lowest BCUT2D eigenvalue weighted by molar-refractivity contribution is -0.143. The molecule has 0 saturated carbocycles. The highest BCUT2D eigenvalue weighted by molar-refractivity contribution is 5.92. The number of aromatic nitrogens is 2. The smallest absolute Gasteiger partial charge is 0.306 e. The number of hydrogen-bond donors (Lipinski definition) is 0. The molecule has 1 aromatic rings. The molecule has 0 radical (unpaired) electrons. The maximum absolute atomic E-state index is 12.1. The van der Waals surface area contributed by atoms with Crippen LogP contribution in [0.5, 0.6) is 0 Å². The number of imidazole rings is 1. The number of rotatable bonds is 8. The van der Waals surface area contributed by atoms with E-state index in [2.05, 4.69) is 25.8 Å². The van der Waals surface area contributed by atoms with E-state index in [-0.39, 0.29) is 23.1 Å². The van der Waals surface area contributed by atoms with Crippen molar-refractivity contribution in [2.24, 2.45) is 18.4 Å². The minimum atomic E-state index is -0.184. The zero-order chi connectivity index (χ0) is 16.0. The number of esters is 1. The lowest BCUT2D eigenvalue weighted by Crippen LogP contribution is -2.20. The molecule has 1 atom stereocenters. The highest BCUT2D eigenvalue weighted by atomic mass is 16.5. The molecule has 0 amide bonds. The fourth-order valence-electron chi connectivity index (χ4n) is 2.33. The average Bonchev–Trinajstić information content (AvgIpc) is 2.82. The van der Waals surface area contributed by atoms with Crippen molar-refractivity contribution in [3.63, 3.8) is 0 Å². The van der Waals surface area contributed by atoms with Gasteiger partial charge >= 0.3 is 5.97 Å². The van der Waals surface area contributed by atoms with Crippen LogP contribution in [0.1, 0.15) is 57.1 Å². The number of aryl methyl sites for hydroxylation is 1. The first-order valence-corrected chi connectivity index (χ1v) is 7.32. The van der Waals surface area contributed by atoms with E-state index in [0.717, 1.165) is 12.8 Å². The first-order valence-electron chi connectivity index (χ1n) is 7.32. The van der Waals surface area contributed by atoms with Crippen molar-refractivity contribution in [3.05, 3.63) is 18.2 Å². The molecule has 0 bridgehead atoms. The molecule has 0 aromatic carbocycles. The molecule has 0 spiro atoms. The van der Waals surface area contributed by atoms with Gasteiger partial charge in [-0.25, -0.2) is 4.98 Å². The van der Waals surface area contributed by atoms with Crippen molar-refractivity contribution in [2.75, 3.05) is 7.11 Å². The van der Waals surface area contributed by atoms with Crippen molar-refractivity contribution in [3.8, 4) is 0 Å². The van der Waals surface area contributed by atoms with E-state index in [1.165, 1.54) is 7.11 Å². The third-order valence-electron chi connectivity index (χ3n) is 3.77. The molecule has 5 nitrogen and oxygen atoms in total. The van der Waals surface area contributed by atoms with Crippen LogP contribution >= 0.6 is 0 Å². The summed E-state index contributed by atoms with van der Waals surface area (Å²) >= 11 is 0. The van der Waals surface area contributed by atoms with Gasteiger partial charge in [0, 0.05) is 25.9 Å². The second kappa shape index (κ2) is 7.38. The van der Waals surface area contributed by atoms with Crippen LogP contribution in [-0.2, 0) is 16.6 Å². The van der Waals surface area contributed by atoms with Gasteiger partial charge in [0.1, 0.15) is 0 Å². The number of ketones is 1. The zero-order valence-electron chi connectivity index (χ0n) is 13.7. The Hall–Kier alpha value is -1.65. The number of nitrogens with zero attached hydrogens (tertiary/aromatic N) is 2. The number of carbonyl (C=O) groups is 2. The first kappa shape index (κ1) is 17.4. The maximum atomic E-state index is 12.1. The van der Waals surface area contributed by atoms with E-state index in [9.17, 15) is 9.59 Å². The summed E-state index contributed by atoms with van der Waals surface area (Å²) < 4.78 is 6.46. The van der Waals surface area contributed by atoms with Crippen molar-refractivity contribution in [1.29, 1.82) is 0 Å². The molecule has 1 unspecified atom stereocenters. The molecule has 0 aliphatic heterocycles. The second-order valence-corrected chi connectivity index (χ2v) is 6.55. The van der Waals surface area contributed by atoms with Crippen LogP contribution < -0.4 is 0 Å². The fourth-order valence-corrected chi connectivity index (χ4v) is 2.33. The standard InChI is InChI=1S/C16H26N2O3/c1-12(6-7-16(2,3)11-14(20)21-5)10-13(19)15-17-8-9-18(15)4/h8-9,12H,6-7,10-11H2,1-5H3. The Balaban J connectivity index is 2.44. The Morgan fingerprint density at radius 3 is 2.62 bits per heavy atom. The summed E-state index contributed by atoms with van der Waals surface area (Å²) in [6, 6.07) is 0. The highest BCUT2D eigenvalue weighted by Crippen LogP contribution is 2.30. The van der Waals surface area contributed by atoms with Gasteiger partial charge in [-0.2, -0.15) is 0 Å². The molecule has 0 saturated heterocycles. The van der Waals surface area contributed by atoms with E-state index in [0.29, 0.717) is 18.7 Å². The molecule has 0 N–H and O–H groups in total. The summed E-state index contributed by atoms with van der Waals surface area (Å²) in [5, 5.41) is 0. The largest absolute Gasteiger partial charge is 0.469 e. The number of hydrogen-bond acceptors (Lipinski definition) is 4. The van der Waals surface area contributed by atoms with E-state index in [1.54, 1.807) is 17.0 Å². The van der Waals surface area contributed by atoms with Crippen LogP contribution in [0, 0.1) is 11.3 Å². The van der Waals surface area contributed by atoms with Gasteiger partial charge in [-0.05, 0) is 24.2 Å². The van der Waals surface area contributed by atoms with Crippen LogP contribution in [0.3, 0.4) is 0 Å². The molecular weight excluding hydrogens is 268 g/mol. The first-order chi connectivity index (χ1) is 9.75. The van der Waals surface area contributed by atoms with Crippen LogP contribution in [-0.4, -0.2) is 28.4 Å². The number of methoxy groups -OCH3 is 1. The van der Waals surface area contributed by atoms with Crippen LogP contribution in [0.2, 0.25) is 0 Å². The van der Waals surface area contributed by atoms with Crippen LogP contribution in [0.4, 0.5) is 0 Å². The van der Waals surface area contributed by atoms with Gasteiger partial charge < -0.3 is 9.30 Å². The second-order valence-electron chi connectivity index (χ2n) is 6.55. The van der Waals surface area contributed by atoms with Crippen molar-refractivity contribution in [2.45, 2.75) is 46.5 Å². The van der Waals surface area contributed by atoms with Crippen molar-refractivity contribution >= 4 is 11.8 Å². The van der Waals surface area contributed by atoms with E-state index in [4.69, 9.17) is 4.74 Å². The average molecular weight is 294 g/mol. The topological polar surface area (TPSA) is 61.2 Å². The van der Waals surface area contributed by atoms with Gasteiger partial charge in [0.05, 0.1) is 13.5 Å². The third-order valence-corrected chi connectivity index (χ3v) is 3.77. The molecule has 0 aliphatic rings. The summed E-state index contributed by atoms with van der Waals surface area (Å²) in [7, 11) is 3.23. The molecule has 1 rings (SSSR count). The zero-order valence-corrected chi connectivity index (χ0v) is 13.7. The lowest BCUT2D eigenvalue weighted by atomic mass is 9.81. The Labute approximate surface area is 126 Å². The monoisotopic (exact) mass is 294 g/mol. The Bertz CT molecular complexity index is 491. The number of Topliss-reactive ketones (excluding diaryl/α,β-unsaturated/α-hetero) is 1. The maximum Gasteiger partial charge on any atom is 0.306 e. The van der Waals surface area contributed by atoms with Gasteiger partial charge in [0.15, 0.2) is 11.6 Å². The Morgan fingerprint density at radius 2 is 2.10 bits per heavy atom. The summed E-state index contributed by atoms with van der Waals surface area (Å²) in [5.74, 6) is 0.666. The molecule has 118 valence electrons. The number of carbonyl (C=O) groups excluding carboxylic acids is 2. The van der Waals surface area contributed by atoms with Crippen LogP contribution in [0.25, 0.3) is 0 Å². The lowest BCUT2D eigenvalue weighted by Gasteiger charge is -2.24. The van der Waals surface area contributed by atoms with E-state index < -0.39 is 0 Å². The molecule has 5 heteroatoms. The third kappa shape index (κ3) is 5.69. The minimum Gasteiger partial charge on any atom is -0.469 e. The van der Waals surface area contributed by atoms with Gasteiger partial charge in [-0.3, -0.25) is 9.59 Å². The molecule has 0 aliphatic carbocycles. The predicted octanol–water partition coefficient (Wildman–Crippen LogP) is 3.00.